The maximum atomic E-state index is 12.9. The minimum absolute atomic E-state index is 0.0246. The summed E-state index contributed by atoms with van der Waals surface area (Å²) in [6.07, 6.45) is 0.171. The third-order valence-corrected chi connectivity index (χ3v) is 6.57. The Labute approximate surface area is 254 Å². The molecule has 0 aliphatic heterocycles. The summed E-state index contributed by atoms with van der Waals surface area (Å²) in [5.41, 5.74) is -0.0404. The largest absolute Gasteiger partial charge is 0.465 e. The van der Waals surface area contributed by atoms with Crippen LogP contribution < -0.4 is 10.6 Å². The van der Waals surface area contributed by atoms with Gasteiger partial charge in [-0.3, -0.25) is 29.8 Å². The molecule has 0 aliphatic rings. The second-order valence-corrected chi connectivity index (χ2v) is 9.38. The van der Waals surface area contributed by atoms with Crippen molar-refractivity contribution >= 4 is 46.5 Å². The topological polar surface area (TPSA) is 197 Å². The van der Waals surface area contributed by atoms with Crippen LogP contribution in [0.5, 0.6) is 0 Å². The van der Waals surface area contributed by atoms with Crippen molar-refractivity contribution in [2.45, 2.75) is 6.42 Å². The smallest absolute Gasteiger partial charge is 0.339 e. The molecule has 0 heterocycles. The summed E-state index contributed by atoms with van der Waals surface area (Å²) in [5, 5.41) is 27.8. The zero-order valence-electron chi connectivity index (χ0n) is 23.8. The number of rotatable bonds is 10. The van der Waals surface area contributed by atoms with E-state index in [9.17, 15) is 39.4 Å². The molecular weight excluding hydrogens is 588 g/mol. The Morgan fingerprint density at radius 3 is 1.33 bits per heavy atom. The molecule has 0 spiro atoms. The third-order valence-electron chi connectivity index (χ3n) is 6.57. The quantitative estimate of drug-likeness (QED) is 0.137. The molecule has 4 rings (SSSR count). The summed E-state index contributed by atoms with van der Waals surface area (Å²) in [4.78, 5) is 72.3. The van der Waals surface area contributed by atoms with E-state index in [2.05, 4.69) is 10.6 Å². The Morgan fingerprint density at radius 1 is 0.600 bits per heavy atom. The number of carbonyl (C=O) groups excluding carboxylic acids is 4. The van der Waals surface area contributed by atoms with Crippen LogP contribution in [0.3, 0.4) is 0 Å². The first-order chi connectivity index (χ1) is 21.5. The molecule has 2 amide bonds. The summed E-state index contributed by atoms with van der Waals surface area (Å²) in [5.74, 6) is -3.17. The third kappa shape index (κ3) is 7.14. The first-order valence-corrected chi connectivity index (χ1v) is 13.1. The Morgan fingerprint density at radius 2 is 0.978 bits per heavy atom. The number of amides is 2. The Kier molecular flexibility index (Phi) is 9.58. The van der Waals surface area contributed by atoms with E-state index in [-0.39, 0.29) is 40.0 Å². The van der Waals surface area contributed by atoms with Gasteiger partial charge in [-0.15, -0.1) is 0 Å². The van der Waals surface area contributed by atoms with Gasteiger partial charge < -0.3 is 20.1 Å². The number of nitro groups is 2. The van der Waals surface area contributed by atoms with Crippen LogP contribution in [0.2, 0.25) is 0 Å². The Balaban J connectivity index is 1.62. The summed E-state index contributed by atoms with van der Waals surface area (Å²) >= 11 is 0. The molecule has 0 aliphatic carbocycles. The highest BCUT2D eigenvalue weighted by atomic mass is 16.6. The lowest BCUT2D eigenvalue weighted by atomic mass is 9.99. The van der Waals surface area contributed by atoms with Gasteiger partial charge in [0.1, 0.15) is 11.1 Å². The van der Waals surface area contributed by atoms with Crippen LogP contribution in [0.4, 0.5) is 22.7 Å². The molecule has 0 saturated carbocycles. The van der Waals surface area contributed by atoms with Crippen LogP contribution in [0.15, 0.2) is 84.9 Å². The predicted octanol–water partition coefficient (Wildman–Crippen LogP) is 5.17. The van der Waals surface area contributed by atoms with E-state index in [1.807, 2.05) is 0 Å². The minimum Gasteiger partial charge on any atom is -0.465 e. The molecule has 0 bridgehead atoms. The van der Waals surface area contributed by atoms with E-state index in [1.54, 1.807) is 12.1 Å². The maximum Gasteiger partial charge on any atom is 0.339 e. The molecule has 4 aromatic carbocycles. The van der Waals surface area contributed by atoms with Gasteiger partial charge in [0.2, 0.25) is 0 Å². The lowest BCUT2D eigenvalue weighted by molar-refractivity contribution is -0.385. The van der Waals surface area contributed by atoms with Crippen molar-refractivity contribution in [3.63, 3.8) is 0 Å². The number of ether oxygens (including phenoxy) is 2. The van der Waals surface area contributed by atoms with E-state index >= 15 is 0 Å². The Hall–Kier alpha value is -6.44. The van der Waals surface area contributed by atoms with Gasteiger partial charge in [0, 0.05) is 12.1 Å². The summed E-state index contributed by atoms with van der Waals surface area (Å²) in [6, 6.07) is 19.7. The van der Waals surface area contributed by atoms with E-state index in [1.165, 1.54) is 72.8 Å². The fourth-order valence-electron chi connectivity index (χ4n) is 4.44. The first-order valence-electron chi connectivity index (χ1n) is 13.1. The number of para-hydroxylation sites is 2. The zero-order chi connectivity index (χ0) is 32.7. The number of nitrogens with one attached hydrogen (secondary N) is 2. The number of carbonyl (C=O) groups is 4. The van der Waals surface area contributed by atoms with E-state index < -0.39 is 45.0 Å². The van der Waals surface area contributed by atoms with E-state index in [0.717, 1.165) is 14.2 Å². The molecule has 45 heavy (non-hydrogen) atoms. The van der Waals surface area contributed by atoms with Gasteiger partial charge in [0.15, 0.2) is 0 Å². The molecule has 2 N–H and O–H groups in total. The number of nitrogens with zero attached hydrogens (tertiary/aromatic N) is 2. The van der Waals surface area contributed by atoms with Gasteiger partial charge in [-0.2, -0.15) is 0 Å². The molecule has 0 aromatic heterocycles. The van der Waals surface area contributed by atoms with Gasteiger partial charge in [-0.25, -0.2) is 9.59 Å². The molecule has 4 aromatic rings. The lowest BCUT2D eigenvalue weighted by Crippen LogP contribution is -2.17. The molecule has 0 unspecified atom stereocenters. The van der Waals surface area contributed by atoms with E-state index in [4.69, 9.17) is 9.47 Å². The second kappa shape index (κ2) is 13.7. The molecule has 0 atom stereocenters. The number of hydrogen-bond donors (Lipinski definition) is 2. The molecule has 0 saturated heterocycles. The highest BCUT2D eigenvalue weighted by molar-refractivity contribution is 6.11. The van der Waals surface area contributed by atoms with Crippen LogP contribution in [0.1, 0.15) is 52.6 Å². The fraction of sp³-hybridized carbons (Fsp3) is 0.0968. The summed E-state index contributed by atoms with van der Waals surface area (Å²) in [7, 11) is 2.31. The average Bonchev–Trinajstić information content (AvgIpc) is 3.05. The van der Waals surface area contributed by atoms with E-state index in [0.29, 0.717) is 11.1 Å². The molecule has 0 radical (unpaired) electrons. The van der Waals surface area contributed by atoms with Gasteiger partial charge in [0.25, 0.3) is 23.2 Å². The van der Waals surface area contributed by atoms with Crippen molar-refractivity contribution in [3.8, 4) is 0 Å². The molecule has 0 fully saturated rings. The van der Waals surface area contributed by atoms with Crippen molar-refractivity contribution in [1.82, 2.24) is 0 Å². The Bertz CT molecular complexity index is 1720. The molecule has 14 nitrogen and oxygen atoms in total. The van der Waals surface area contributed by atoms with Crippen molar-refractivity contribution in [2.24, 2.45) is 0 Å². The monoisotopic (exact) mass is 612 g/mol. The highest BCUT2D eigenvalue weighted by Gasteiger charge is 2.24. The number of methoxy groups -OCH3 is 2. The standard InChI is InChI=1S/C31H24N4O10/c1-44-30(38)22-16-18(11-13-24(22)32-28(36)20-7-3-5-9-26(20)34(40)41)15-19-12-14-25(23(17-19)31(39)45-2)33-29(37)21-8-4-6-10-27(21)35(42)43/h3-14,16-17H,15H2,1-2H3,(H,32,36)(H,33,37). The van der Waals surface area contributed by atoms with Crippen LogP contribution >= 0.6 is 0 Å². The summed E-state index contributed by atoms with van der Waals surface area (Å²) in [6.45, 7) is 0. The van der Waals surface area contributed by atoms with Crippen molar-refractivity contribution < 1.29 is 38.5 Å². The second-order valence-electron chi connectivity index (χ2n) is 9.38. The van der Waals surface area contributed by atoms with Gasteiger partial charge in [0.05, 0.1) is 46.6 Å². The van der Waals surface area contributed by atoms with Gasteiger partial charge >= 0.3 is 11.9 Å². The lowest BCUT2D eigenvalue weighted by Gasteiger charge is -2.14. The fourth-order valence-corrected chi connectivity index (χ4v) is 4.44. The molecule has 228 valence electrons. The van der Waals surface area contributed by atoms with Crippen LogP contribution in [0.25, 0.3) is 0 Å². The number of benzene rings is 4. The normalized spacial score (nSPS) is 10.4. The predicted molar refractivity (Wildman–Crippen MR) is 160 cm³/mol. The van der Waals surface area contributed by atoms with Gasteiger partial charge in [-0.05, 0) is 53.9 Å². The first kappa shape index (κ1) is 31.5. The number of nitro benzene ring substituents is 2. The zero-order valence-corrected chi connectivity index (χ0v) is 23.8. The van der Waals surface area contributed by atoms with Crippen molar-refractivity contribution in [3.05, 3.63) is 139 Å². The van der Waals surface area contributed by atoms with Crippen molar-refractivity contribution in [1.29, 1.82) is 0 Å². The molecular formula is C31H24N4O10. The number of anilines is 2. The van der Waals surface area contributed by atoms with Crippen LogP contribution in [0, 0.1) is 20.2 Å². The average molecular weight is 613 g/mol. The van der Waals surface area contributed by atoms with Crippen LogP contribution in [-0.2, 0) is 15.9 Å². The number of esters is 2. The number of hydrogen-bond acceptors (Lipinski definition) is 10. The minimum atomic E-state index is -0.804. The van der Waals surface area contributed by atoms with Crippen molar-refractivity contribution in [2.75, 3.05) is 24.9 Å². The van der Waals surface area contributed by atoms with Gasteiger partial charge in [-0.1, -0.05) is 36.4 Å². The highest BCUT2D eigenvalue weighted by Crippen LogP contribution is 2.27. The molecule has 14 heteroatoms. The maximum absolute atomic E-state index is 12.9. The SMILES string of the molecule is COC(=O)c1cc(Cc2ccc(NC(=O)c3ccccc3[N+](=O)[O-])c(C(=O)OC)c2)ccc1NC(=O)c1ccccc1[N+](=O)[O-]. The van der Waals surface area contributed by atoms with Crippen LogP contribution in [-0.4, -0.2) is 47.8 Å². The summed E-state index contributed by atoms with van der Waals surface area (Å²) < 4.78 is 9.73.